The fourth-order valence-corrected chi connectivity index (χ4v) is 3.08. The zero-order valence-corrected chi connectivity index (χ0v) is 15.5. The molecule has 0 unspecified atom stereocenters. The van der Waals surface area contributed by atoms with E-state index in [2.05, 4.69) is 10.3 Å². The third-order valence-electron chi connectivity index (χ3n) is 4.56. The van der Waals surface area contributed by atoms with Crippen LogP contribution in [0.4, 0.5) is 0 Å². The molecule has 140 valence electrons. The number of furan rings is 1. The highest BCUT2D eigenvalue weighted by Gasteiger charge is 2.22. The van der Waals surface area contributed by atoms with Gasteiger partial charge in [-0.1, -0.05) is 42.5 Å². The summed E-state index contributed by atoms with van der Waals surface area (Å²) in [5.74, 6) is 0.731. The van der Waals surface area contributed by atoms with Crippen LogP contribution >= 0.6 is 0 Å². The van der Waals surface area contributed by atoms with Crippen molar-refractivity contribution in [1.29, 1.82) is 0 Å². The van der Waals surface area contributed by atoms with Crippen molar-refractivity contribution in [3.63, 3.8) is 0 Å². The molecular formula is C23H20N2O3. The first kappa shape index (κ1) is 17.8. The van der Waals surface area contributed by atoms with Gasteiger partial charge in [0, 0.05) is 23.3 Å². The lowest BCUT2D eigenvalue weighted by molar-refractivity contribution is 0.0910. The molecule has 0 spiro atoms. The molecule has 0 fully saturated rings. The molecule has 1 N–H and O–H groups in total. The first-order chi connectivity index (χ1) is 13.7. The molecule has 1 atom stereocenters. The molecule has 0 saturated carbocycles. The van der Waals surface area contributed by atoms with Crippen LogP contribution in [0.5, 0.6) is 5.75 Å². The van der Waals surface area contributed by atoms with Gasteiger partial charge in [-0.3, -0.25) is 9.78 Å². The van der Waals surface area contributed by atoms with Crippen LogP contribution < -0.4 is 10.1 Å². The minimum absolute atomic E-state index is 0.197. The Balaban J connectivity index is 1.61. The molecule has 0 aliphatic heterocycles. The van der Waals surface area contributed by atoms with Gasteiger partial charge in [-0.15, -0.1) is 0 Å². The van der Waals surface area contributed by atoms with Crippen molar-refractivity contribution < 1.29 is 13.9 Å². The lowest BCUT2D eigenvalue weighted by Gasteiger charge is -2.13. The normalized spacial score (nSPS) is 11.9. The van der Waals surface area contributed by atoms with Crippen molar-refractivity contribution in [2.75, 3.05) is 0 Å². The van der Waals surface area contributed by atoms with E-state index < -0.39 is 0 Å². The van der Waals surface area contributed by atoms with Crippen molar-refractivity contribution in [2.45, 2.75) is 19.6 Å². The molecule has 0 saturated heterocycles. The van der Waals surface area contributed by atoms with Gasteiger partial charge in [-0.05, 0) is 36.8 Å². The lowest BCUT2D eigenvalue weighted by atomic mass is 10.1. The number of rotatable bonds is 6. The third-order valence-corrected chi connectivity index (χ3v) is 4.56. The first-order valence-electron chi connectivity index (χ1n) is 9.11. The van der Waals surface area contributed by atoms with Crippen LogP contribution in [0.2, 0.25) is 0 Å². The summed E-state index contributed by atoms with van der Waals surface area (Å²) in [5.41, 5.74) is 2.32. The van der Waals surface area contributed by atoms with Gasteiger partial charge in [0.1, 0.15) is 17.9 Å². The quantitative estimate of drug-likeness (QED) is 0.523. The van der Waals surface area contributed by atoms with Gasteiger partial charge in [-0.2, -0.15) is 0 Å². The Bertz CT molecular complexity index is 1070. The standard InChI is InChI=1S/C23H20N2O3/c1-16(17-8-7-13-24-14-17)25-23(26)22-20(15-27-18-9-3-2-4-10-18)19-11-5-6-12-21(19)28-22/h2-14,16H,15H2,1H3,(H,25,26)/t16-/m0/s1. The summed E-state index contributed by atoms with van der Waals surface area (Å²) in [6.07, 6.45) is 3.44. The molecule has 4 rings (SSSR count). The molecule has 5 nitrogen and oxygen atoms in total. The number of nitrogens with zero attached hydrogens (tertiary/aromatic N) is 1. The summed E-state index contributed by atoms with van der Waals surface area (Å²) >= 11 is 0. The van der Waals surface area contributed by atoms with Gasteiger partial charge in [0.05, 0.1) is 6.04 Å². The predicted octanol–water partition coefficient (Wildman–Crippen LogP) is 4.90. The molecule has 28 heavy (non-hydrogen) atoms. The van der Waals surface area contributed by atoms with E-state index in [-0.39, 0.29) is 24.3 Å². The number of pyridine rings is 1. The maximum atomic E-state index is 12.9. The number of aromatic nitrogens is 1. The average molecular weight is 372 g/mol. The Morgan fingerprint density at radius 2 is 1.86 bits per heavy atom. The van der Waals surface area contributed by atoms with E-state index >= 15 is 0 Å². The fourth-order valence-electron chi connectivity index (χ4n) is 3.08. The molecule has 0 aliphatic rings. The smallest absolute Gasteiger partial charge is 0.287 e. The molecule has 4 aromatic rings. The summed E-state index contributed by atoms with van der Waals surface area (Å²) in [6.45, 7) is 2.16. The predicted molar refractivity (Wildman–Crippen MR) is 107 cm³/mol. The van der Waals surface area contributed by atoms with Crippen molar-refractivity contribution in [3.05, 3.63) is 96.0 Å². The Kier molecular flexibility index (Phi) is 5.06. The van der Waals surface area contributed by atoms with Gasteiger partial charge in [0.2, 0.25) is 0 Å². The number of para-hydroxylation sites is 2. The minimum atomic E-state index is -0.279. The lowest BCUT2D eigenvalue weighted by Crippen LogP contribution is -2.27. The molecule has 0 bridgehead atoms. The van der Waals surface area contributed by atoms with Crippen LogP contribution in [0, 0.1) is 0 Å². The Labute approximate surface area is 163 Å². The van der Waals surface area contributed by atoms with Gasteiger partial charge in [0.25, 0.3) is 5.91 Å². The van der Waals surface area contributed by atoms with Crippen molar-refractivity contribution in [2.24, 2.45) is 0 Å². The Morgan fingerprint density at radius 3 is 2.64 bits per heavy atom. The molecule has 5 heteroatoms. The zero-order chi connectivity index (χ0) is 19.3. The van der Waals surface area contributed by atoms with E-state index in [1.165, 1.54) is 0 Å². The number of hydrogen-bond donors (Lipinski definition) is 1. The molecule has 2 heterocycles. The summed E-state index contributed by atoms with van der Waals surface area (Å²) in [5, 5.41) is 3.86. The van der Waals surface area contributed by atoms with Gasteiger partial charge in [-0.25, -0.2) is 0 Å². The SMILES string of the molecule is C[C@H](NC(=O)c1oc2ccccc2c1COc1ccccc1)c1cccnc1. The molecule has 0 radical (unpaired) electrons. The number of fused-ring (bicyclic) bond motifs is 1. The van der Waals surface area contributed by atoms with Crippen LogP contribution in [-0.2, 0) is 6.61 Å². The third kappa shape index (κ3) is 3.74. The number of carbonyl (C=O) groups is 1. The van der Waals surface area contributed by atoms with Crippen LogP contribution in [0.1, 0.15) is 34.6 Å². The molecule has 2 aromatic heterocycles. The average Bonchev–Trinajstić information content (AvgIpc) is 3.12. The number of amides is 1. The number of ether oxygens (including phenoxy) is 1. The van der Waals surface area contributed by atoms with E-state index in [9.17, 15) is 4.79 Å². The molecule has 2 aromatic carbocycles. The highest BCUT2D eigenvalue weighted by molar-refractivity contribution is 5.99. The Hall–Kier alpha value is -3.60. The maximum absolute atomic E-state index is 12.9. The summed E-state index contributed by atoms with van der Waals surface area (Å²) in [4.78, 5) is 17.1. The zero-order valence-electron chi connectivity index (χ0n) is 15.5. The van der Waals surface area contributed by atoms with Crippen LogP contribution in [-0.4, -0.2) is 10.9 Å². The maximum Gasteiger partial charge on any atom is 0.287 e. The second kappa shape index (κ2) is 7.96. The van der Waals surface area contributed by atoms with Gasteiger partial charge >= 0.3 is 0 Å². The second-order valence-electron chi connectivity index (χ2n) is 6.49. The van der Waals surface area contributed by atoms with E-state index in [4.69, 9.17) is 9.15 Å². The highest BCUT2D eigenvalue weighted by atomic mass is 16.5. The molecule has 1 amide bonds. The summed E-state index contributed by atoms with van der Waals surface area (Å²) < 4.78 is 11.8. The van der Waals surface area contributed by atoms with E-state index in [0.717, 1.165) is 22.3 Å². The van der Waals surface area contributed by atoms with E-state index in [1.54, 1.807) is 12.4 Å². The molecule has 0 aliphatic carbocycles. The second-order valence-corrected chi connectivity index (χ2v) is 6.49. The number of nitrogens with one attached hydrogen (secondary N) is 1. The highest BCUT2D eigenvalue weighted by Crippen LogP contribution is 2.28. The van der Waals surface area contributed by atoms with Crippen LogP contribution in [0.25, 0.3) is 11.0 Å². The van der Waals surface area contributed by atoms with E-state index in [0.29, 0.717) is 5.58 Å². The largest absolute Gasteiger partial charge is 0.489 e. The van der Waals surface area contributed by atoms with Gasteiger partial charge in [0.15, 0.2) is 5.76 Å². The number of carbonyl (C=O) groups excluding carboxylic acids is 1. The first-order valence-corrected chi connectivity index (χ1v) is 9.11. The fraction of sp³-hybridized carbons (Fsp3) is 0.130. The van der Waals surface area contributed by atoms with Crippen molar-refractivity contribution in [3.8, 4) is 5.75 Å². The summed E-state index contributed by atoms with van der Waals surface area (Å²) in [7, 11) is 0. The molecular weight excluding hydrogens is 352 g/mol. The van der Waals surface area contributed by atoms with Crippen molar-refractivity contribution >= 4 is 16.9 Å². The van der Waals surface area contributed by atoms with Crippen LogP contribution in [0.15, 0.2) is 83.5 Å². The number of benzene rings is 2. The topological polar surface area (TPSA) is 64.4 Å². The summed E-state index contributed by atoms with van der Waals surface area (Å²) in [6, 6.07) is 20.7. The Morgan fingerprint density at radius 1 is 1.07 bits per heavy atom. The van der Waals surface area contributed by atoms with Gasteiger partial charge < -0.3 is 14.5 Å². The monoisotopic (exact) mass is 372 g/mol. The van der Waals surface area contributed by atoms with Crippen molar-refractivity contribution in [1.82, 2.24) is 10.3 Å². The number of hydrogen-bond acceptors (Lipinski definition) is 4. The minimum Gasteiger partial charge on any atom is -0.489 e. The van der Waals surface area contributed by atoms with Crippen LogP contribution in [0.3, 0.4) is 0 Å². The van der Waals surface area contributed by atoms with E-state index in [1.807, 2.05) is 73.7 Å².